The van der Waals surface area contributed by atoms with Gasteiger partial charge in [-0.2, -0.15) is 0 Å². The van der Waals surface area contributed by atoms with Gasteiger partial charge in [0.05, 0.1) is 5.56 Å². The van der Waals surface area contributed by atoms with Crippen LogP contribution >= 0.6 is 54.5 Å². The van der Waals surface area contributed by atoms with Crippen LogP contribution in [-0.4, -0.2) is 17.3 Å². The van der Waals surface area contributed by atoms with Crippen LogP contribution < -0.4 is 5.32 Å². The molecule has 0 aromatic heterocycles. The molecule has 1 unspecified atom stereocenters. The monoisotopic (exact) mass is 471 g/mol. The summed E-state index contributed by atoms with van der Waals surface area (Å²) in [6, 6.07) is 5.77. The van der Waals surface area contributed by atoms with Crippen LogP contribution in [0, 0.1) is 9.49 Å². The van der Waals surface area contributed by atoms with Gasteiger partial charge in [0.15, 0.2) is 0 Å². The summed E-state index contributed by atoms with van der Waals surface area (Å²) in [5.41, 5.74) is 0.701. The molecule has 17 heavy (non-hydrogen) atoms. The highest BCUT2D eigenvalue weighted by Gasteiger charge is 2.29. The number of hydrogen-bond acceptors (Lipinski definition) is 1. The first-order valence-electron chi connectivity index (χ1n) is 5.45. The van der Waals surface area contributed by atoms with Crippen LogP contribution in [0.5, 0.6) is 0 Å². The molecule has 1 amide bonds. The Morgan fingerprint density at radius 3 is 2.88 bits per heavy atom. The maximum atomic E-state index is 12.0. The van der Waals surface area contributed by atoms with E-state index in [1.54, 1.807) is 0 Å². The maximum Gasteiger partial charge on any atom is 0.252 e. The smallest absolute Gasteiger partial charge is 0.252 e. The number of halogens is 3. The van der Waals surface area contributed by atoms with Crippen LogP contribution in [0.25, 0.3) is 0 Å². The minimum absolute atomic E-state index is 0.0134. The number of nitrogens with one attached hydrogen (secondary N) is 1. The Balaban J connectivity index is 1.96. The summed E-state index contributed by atoms with van der Waals surface area (Å²) in [5, 5.41) is 2.97. The van der Waals surface area contributed by atoms with E-state index in [-0.39, 0.29) is 5.91 Å². The van der Waals surface area contributed by atoms with E-state index in [1.165, 1.54) is 12.8 Å². The molecule has 1 aliphatic carbocycles. The number of benzene rings is 1. The molecule has 1 N–H and O–H groups in total. The molecule has 1 aromatic carbocycles. The summed E-state index contributed by atoms with van der Waals surface area (Å²) in [6.07, 6.45) is 2.55. The maximum absolute atomic E-state index is 12.0. The lowest BCUT2D eigenvalue weighted by Crippen LogP contribution is -2.30. The van der Waals surface area contributed by atoms with Crippen molar-refractivity contribution in [2.45, 2.75) is 17.7 Å². The predicted octanol–water partition coefficient (Wildman–Crippen LogP) is 3.96. The summed E-state index contributed by atoms with van der Waals surface area (Å²) in [7, 11) is 0. The number of carbonyl (C=O) groups is 1. The molecule has 5 heteroatoms. The minimum atomic E-state index is -0.0134. The van der Waals surface area contributed by atoms with Crippen LogP contribution in [0.4, 0.5) is 0 Å². The fraction of sp³-hybridized carbons (Fsp3) is 0.417. The van der Waals surface area contributed by atoms with Crippen molar-refractivity contribution in [3.8, 4) is 0 Å². The first-order chi connectivity index (χ1) is 8.08. The van der Waals surface area contributed by atoms with Gasteiger partial charge < -0.3 is 5.32 Å². The minimum Gasteiger partial charge on any atom is -0.351 e. The number of carbonyl (C=O) groups excluding carboxylic acids is 1. The quantitative estimate of drug-likeness (QED) is 0.521. The van der Waals surface area contributed by atoms with E-state index < -0.39 is 0 Å². The van der Waals surface area contributed by atoms with E-state index in [0.717, 1.165) is 14.0 Å². The van der Waals surface area contributed by atoms with Gasteiger partial charge in [-0.15, -0.1) is 0 Å². The van der Waals surface area contributed by atoms with Gasteiger partial charge in [-0.25, -0.2) is 0 Å². The Hall–Kier alpha value is 0.380. The molecule has 0 saturated heterocycles. The average Bonchev–Trinajstić information content (AvgIpc) is 3.12. The summed E-state index contributed by atoms with van der Waals surface area (Å²) < 4.78 is 1.90. The standard InChI is InChI=1S/C12H12Br2INO/c13-10-4-3-8(15)5-9(10)12(17)16-6-11(14)7-1-2-7/h3-5,7,11H,1-2,6H2,(H,16,17). The van der Waals surface area contributed by atoms with Crippen LogP contribution in [-0.2, 0) is 0 Å². The van der Waals surface area contributed by atoms with Gasteiger partial charge in [0.2, 0.25) is 0 Å². The largest absolute Gasteiger partial charge is 0.351 e. The summed E-state index contributed by atoms with van der Waals surface area (Å²) in [6.45, 7) is 0.696. The predicted molar refractivity (Wildman–Crippen MR) is 84.6 cm³/mol. The molecule has 1 fully saturated rings. The molecule has 0 spiro atoms. The van der Waals surface area contributed by atoms with E-state index in [1.807, 2.05) is 18.2 Å². The number of alkyl halides is 1. The van der Waals surface area contributed by atoms with Crippen molar-refractivity contribution < 1.29 is 4.79 Å². The van der Waals surface area contributed by atoms with Crippen molar-refractivity contribution in [2.75, 3.05) is 6.54 Å². The van der Waals surface area contributed by atoms with Crippen molar-refractivity contribution >= 4 is 60.4 Å². The SMILES string of the molecule is O=C(NCC(Br)C1CC1)c1cc(I)ccc1Br. The first-order valence-corrected chi connectivity index (χ1v) is 8.24. The molecule has 1 aliphatic rings. The second-order valence-electron chi connectivity index (χ2n) is 4.19. The zero-order valence-corrected chi connectivity index (χ0v) is 14.4. The Kier molecular flexibility index (Phi) is 4.88. The second kappa shape index (κ2) is 6.02. The summed E-state index contributed by atoms with van der Waals surface area (Å²) >= 11 is 9.22. The molecule has 0 radical (unpaired) electrons. The molecule has 0 bridgehead atoms. The van der Waals surface area contributed by atoms with Gasteiger partial charge in [-0.1, -0.05) is 15.9 Å². The third-order valence-electron chi connectivity index (χ3n) is 2.76. The number of hydrogen-bond donors (Lipinski definition) is 1. The lowest BCUT2D eigenvalue weighted by Gasteiger charge is -2.11. The molecule has 1 atom stereocenters. The van der Waals surface area contributed by atoms with Crippen LogP contribution in [0.1, 0.15) is 23.2 Å². The van der Waals surface area contributed by atoms with Crippen LogP contribution in [0.15, 0.2) is 22.7 Å². The van der Waals surface area contributed by atoms with Gasteiger partial charge in [0.1, 0.15) is 0 Å². The van der Waals surface area contributed by atoms with Crippen molar-refractivity contribution in [3.63, 3.8) is 0 Å². The van der Waals surface area contributed by atoms with E-state index in [2.05, 4.69) is 59.8 Å². The molecule has 0 heterocycles. The van der Waals surface area contributed by atoms with Gasteiger partial charge in [0.25, 0.3) is 5.91 Å². The Labute approximate surface area is 131 Å². The third-order valence-corrected chi connectivity index (χ3v) is 5.20. The van der Waals surface area contributed by atoms with Crippen molar-refractivity contribution in [1.29, 1.82) is 0 Å². The highest BCUT2D eigenvalue weighted by atomic mass is 127. The number of amides is 1. The lowest BCUT2D eigenvalue weighted by molar-refractivity contribution is 0.0952. The highest BCUT2D eigenvalue weighted by Crippen LogP contribution is 2.36. The van der Waals surface area contributed by atoms with E-state index in [9.17, 15) is 4.79 Å². The second-order valence-corrected chi connectivity index (χ2v) is 7.46. The molecule has 1 saturated carbocycles. The number of rotatable bonds is 4. The molecule has 92 valence electrons. The first kappa shape index (κ1) is 13.8. The lowest BCUT2D eigenvalue weighted by atomic mass is 10.2. The zero-order valence-electron chi connectivity index (χ0n) is 9.05. The van der Waals surface area contributed by atoms with E-state index in [0.29, 0.717) is 16.9 Å². The summed E-state index contributed by atoms with van der Waals surface area (Å²) in [5.74, 6) is 0.732. The zero-order chi connectivity index (χ0) is 12.4. The third kappa shape index (κ3) is 3.92. The topological polar surface area (TPSA) is 29.1 Å². The fourth-order valence-corrected chi connectivity index (χ4v) is 3.19. The van der Waals surface area contributed by atoms with Gasteiger partial charge in [-0.05, 0) is 75.5 Å². The van der Waals surface area contributed by atoms with Gasteiger partial charge >= 0.3 is 0 Å². The van der Waals surface area contributed by atoms with E-state index >= 15 is 0 Å². The summed E-state index contributed by atoms with van der Waals surface area (Å²) in [4.78, 5) is 12.4. The Morgan fingerprint density at radius 2 is 2.24 bits per heavy atom. The highest BCUT2D eigenvalue weighted by molar-refractivity contribution is 14.1. The van der Waals surface area contributed by atoms with Gasteiger partial charge in [-0.3, -0.25) is 4.79 Å². The normalized spacial score (nSPS) is 16.6. The van der Waals surface area contributed by atoms with Crippen molar-refractivity contribution in [1.82, 2.24) is 5.32 Å². The molecule has 1 aromatic rings. The average molecular weight is 473 g/mol. The van der Waals surface area contributed by atoms with Gasteiger partial charge in [0, 0.05) is 19.4 Å². The van der Waals surface area contributed by atoms with E-state index in [4.69, 9.17) is 0 Å². The van der Waals surface area contributed by atoms with Crippen molar-refractivity contribution in [3.05, 3.63) is 31.8 Å². The Bertz CT molecular complexity index is 435. The van der Waals surface area contributed by atoms with Crippen molar-refractivity contribution in [2.24, 2.45) is 5.92 Å². The van der Waals surface area contributed by atoms with Crippen LogP contribution in [0.3, 0.4) is 0 Å². The molecule has 0 aliphatic heterocycles. The molecule has 2 nitrogen and oxygen atoms in total. The van der Waals surface area contributed by atoms with Crippen LogP contribution in [0.2, 0.25) is 0 Å². The molecule has 2 rings (SSSR count). The molecular formula is C12H12Br2INO. The Morgan fingerprint density at radius 1 is 1.53 bits per heavy atom. The fourth-order valence-electron chi connectivity index (χ4n) is 1.58. The molecular weight excluding hydrogens is 461 g/mol.